The fraction of sp³-hybridized carbons (Fsp3) is 0.667. The van der Waals surface area contributed by atoms with Crippen LogP contribution in [0, 0.1) is 6.92 Å². The second-order valence-corrected chi connectivity index (χ2v) is 4.60. The van der Waals surface area contributed by atoms with Crippen LogP contribution in [0.1, 0.15) is 24.4 Å². The molecule has 8 nitrogen and oxygen atoms in total. The Bertz CT molecular complexity index is 489. The van der Waals surface area contributed by atoms with Crippen molar-refractivity contribution in [1.29, 1.82) is 0 Å². The second kappa shape index (κ2) is 5.88. The molecule has 2 rings (SSSR count). The van der Waals surface area contributed by atoms with Gasteiger partial charge in [0, 0.05) is 6.54 Å². The van der Waals surface area contributed by atoms with E-state index < -0.39 is 30.5 Å². The van der Waals surface area contributed by atoms with Crippen LogP contribution in [0.15, 0.2) is 6.33 Å². The maximum atomic E-state index is 11.7. The van der Waals surface area contributed by atoms with Crippen molar-refractivity contribution in [2.24, 2.45) is 5.73 Å². The van der Waals surface area contributed by atoms with Crippen LogP contribution in [0.4, 0.5) is 4.79 Å². The normalized spacial score (nSPS) is 29.6. The van der Waals surface area contributed by atoms with Crippen LogP contribution in [-0.4, -0.2) is 57.3 Å². The molecule has 0 aromatic carbocycles. The molecule has 0 radical (unpaired) electrons. The highest BCUT2D eigenvalue weighted by atomic mass is 16.6. The van der Waals surface area contributed by atoms with Gasteiger partial charge in [-0.2, -0.15) is 0 Å². The van der Waals surface area contributed by atoms with E-state index in [1.165, 1.54) is 10.9 Å². The van der Waals surface area contributed by atoms with Crippen molar-refractivity contribution in [3.05, 3.63) is 17.7 Å². The number of aliphatic hydroxyl groups excluding tert-OH is 2. The van der Waals surface area contributed by atoms with Crippen molar-refractivity contribution in [3.8, 4) is 0 Å². The van der Waals surface area contributed by atoms with Gasteiger partial charge in [0.05, 0.1) is 24.1 Å². The molecule has 8 heteroatoms. The first-order chi connectivity index (χ1) is 9.51. The van der Waals surface area contributed by atoms with Crippen molar-refractivity contribution < 1.29 is 24.5 Å². The van der Waals surface area contributed by atoms with E-state index in [0.29, 0.717) is 11.4 Å². The summed E-state index contributed by atoms with van der Waals surface area (Å²) >= 11 is 0. The molecule has 1 saturated heterocycles. The maximum absolute atomic E-state index is 11.7. The van der Waals surface area contributed by atoms with Crippen molar-refractivity contribution >= 4 is 6.09 Å². The molecule has 1 aromatic heterocycles. The first-order valence-corrected chi connectivity index (χ1v) is 6.43. The average Bonchev–Trinajstić information content (AvgIpc) is 2.93. The largest absolute Gasteiger partial charge is 0.449 e. The molecule has 1 aliphatic rings. The number of aliphatic hydroxyl groups is 2. The predicted molar refractivity (Wildman–Crippen MR) is 68.1 cm³/mol. The van der Waals surface area contributed by atoms with E-state index >= 15 is 0 Å². The van der Waals surface area contributed by atoms with Gasteiger partial charge in [-0.3, -0.25) is 0 Å². The number of nitrogens with two attached hydrogens (primary N) is 1. The SMILES string of the molecule is CCOC(=O)n1cnc([C@@H]2O[C@H](CN)[C@@H](O)[C@H]2O)c1C. The maximum Gasteiger partial charge on any atom is 0.419 e. The lowest BCUT2D eigenvalue weighted by Gasteiger charge is -2.13. The number of rotatable bonds is 3. The lowest BCUT2D eigenvalue weighted by molar-refractivity contribution is 0.00888. The summed E-state index contributed by atoms with van der Waals surface area (Å²) in [4.78, 5) is 15.8. The summed E-state index contributed by atoms with van der Waals surface area (Å²) in [5.41, 5.74) is 6.35. The standard InChI is InChI=1S/C12H19N3O5/c1-3-19-12(18)15-5-14-8(6(15)2)11-10(17)9(16)7(4-13)20-11/h5,7,9-11,16-17H,3-4,13H2,1-2H3/t7-,9-,10-,11+/m1/s1. The average molecular weight is 285 g/mol. The Morgan fingerprint density at radius 3 is 2.80 bits per heavy atom. The minimum atomic E-state index is -1.13. The van der Waals surface area contributed by atoms with E-state index in [0.717, 1.165) is 0 Å². The third kappa shape index (κ3) is 2.42. The Balaban J connectivity index is 2.24. The summed E-state index contributed by atoms with van der Waals surface area (Å²) in [6.45, 7) is 3.71. The molecule has 0 bridgehead atoms. The third-order valence-corrected chi connectivity index (χ3v) is 3.37. The molecular weight excluding hydrogens is 266 g/mol. The zero-order valence-electron chi connectivity index (χ0n) is 11.4. The Labute approximate surface area is 116 Å². The summed E-state index contributed by atoms with van der Waals surface area (Å²) in [6, 6.07) is 0. The minimum Gasteiger partial charge on any atom is -0.449 e. The van der Waals surface area contributed by atoms with Gasteiger partial charge in [0.1, 0.15) is 24.6 Å². The fourth-order valence-electron chi connectivity index (χ4n) is 2.25. The van der Waals surface area contributed by atoms with E-state index in [1.807, 2.05) is 0 Å². The van der Waals surface area contributed by atoms with E-state index in [4.69, 9.17) is 15.2 Å². The van der Waals surface area contributed by atoms with Gasteiger partial charge in [0.25, 0.3) is 0 Å². The molecule has 0 amide bonds. The summed E-state index contributed by atoms with van der Waals surface area (Å²) in [5.74, 6) is 0. The van der Waals surface area contributed by atoms with Crippen molar-refractivity contribution in [1.82, 2.24) is 9.55 Å². The van der Waals surface area contributed by atoms with Crippen LogP contribution in [0.5, 0.6) is 0 Å². The Morgan fingerprint density at radius 1 is 1.55 bits per heavy atom. The van der Waals surface area contributed by atoms with E-state index in [-0.39, 0.29) is 13.2 Å². The smallest absolute Gasteiger partial charge is 0.419 e. The molecule has 1 aliphatic heterocycles. The lowest BCUT2D eigenvalue weighted by Crippen LogP contribution is -2.35. The zero-order valence-corrected chi connectivity index (χ0v) is 11.4. The van der Waals surface area contributed by atoms with Gasteiger partial charge in [-0.15, -0.1) is 0 Å². The number of imidazole rings is 1. The monoisotopic (exact) mass is 285 g/mol. The van der Waals surface area contributed by atoms with Gasteiger partial charge < -0.3 is 25.4 Å². The van der Waals surface area contributed by atoms with Crippen LogP contribution in [-0.2, 0) is 9.47 Å². The Hall–Kier alpha value is -1.48. The molecule has 0 saturated carbocycles. The summed E-state index contributed by atoms with van der Waals surface area (Å²) < 4.78 is 11.6. The number of hydrogen-bond donors (Lipinski definition) is 3. The highest BCUT2D eigenvalue weighted by molar-refractivity contribution is 5.71. The molecule has 1 fully saturated rings. The molecule has 0 aliphatic carbocycles. The number of carbonyl (C=O) groups excluding carboxylic acids is 1. The Kier molecular flexibility index (Phi) is 4.39. The minimum absolute atomic E-state index is 0.0896. The molecule has 0 unspecified atom stereocenters. The van der Waals surface area contributed by atoms with Gasteiger partial charge in [-0.25, -0.2) is 14.3 Å². The van der Waals surface area contributed by atoms with Gasteiger partial charge >= 0.3 is 6.09 Å². The van der Waals surface area contributed by atoms with E-state index in [9.17, 15) is 15.0 Å². The lowest BCUT2D eigenvalue weighted by atomic mass is 10.0. The molecule has 0 spiro atoms. The van der Waals surface area contributed by atoms with Crippen molar-refractivity contribution in [3.63, 3.8) is 0 Å². The summed E-state index contributed by atoms with van der Waals surface area (Å²) in [6.07, 6.45) is -2.91. The molecular formula is C12H19N3O5. The van der Waals surface area contributed by atoms with Gasteiger partial charge in [0.2, 0.25) is 0 Å². The molecule has 20 heavy (non-hydrogen) atoms. The van der Waals surface area contributed by atoms with Gasteiger partial charge in [-0.1, -0.05) is 0 Å². The molecule has 4 N–H and O–H groups in total. The Morgan fingerprint density at radius 2 is 2.25 bits per heavy atom. The topological polar surface area (TPSA) is 120 Å². The quantitative estimate of drug-likeness (QED) is 0.672. The number of aromatic nitrogens is 2. The van der Waals surface area contributed by atoms with Crippen LogP contribution >= 0.6 is 0 Å². The molecule has 2 heterocycles. The molecule has 1 aromatic rings. The number of carbonyl (C=O) groups is 1. The fourth-order valence-corrected chi connectivity index (χ4v) is 2.25. The van der Waals surface area contributed by atoms with Crippen LogP contribution in [0.2, 0.25) is 0 Å². The first-order valence-electron chi connectivity index (χ1n) is 6.43. The number of hydrogen-bond acceptors (Lipinski definition) is 7. The highest BCUT2D eigenvalue weighted by Crippen LogP contribution is 2.33. The zero-order chi connectivity index (χ0) is 14.9. The predicted octanol–water partition coefficient (Wildman–Crippen LogP) is -0.683. The number of nitrogens with zero attached hydrogens (tertiary/aromatic N) is 2. The van der Waals surface area contributed by atoms with Crippen LogP contribution in [0.25, 0.3) is 0 Å². The molecule has 112 valence electrons. The van der Waals surface area contributed by atoms with E-state index in [1.54, 1.807) is 13.8 Å². The van der Waals surface area contributed by atoms with E-state index in [2.05, 4.69) is 4.98 Å². The first kappa shape index (κ1) is 14.9. The van der Waals surface area contributed by atoms with Crippen LogP contribution < -0.4 is 5.73 Å². The van der Waals surface area contributed by atoms with Crippen LogP contribution in [0.3, 0.4) is 0 Å². The van der Waals surface area contributed by atoms with Crippen molar-refractivity contribution in [2.75, 3.05) is 13.2 Å². The van der Waals surface area contributed by atoms with Gasteiger partial charge in [0.15, 0.2) is 0 Å². The third-order valence-electron chi connectivity index (χ3n) is 3.37. The number of ether oxygens (including phenoxy) is 2. The second-order valence-electron chi connectivity index (χ2n) is 4.60. The highest BCUT2D eigenvalue weighted by Gasteiger charge is 2.44. The molecule has 4 atom stereocenters. The van der Waals surface area contributed by atoms with Gasteiger partial charge in [-0.05, 0) is 13.8 Å². The summed E-state index contributed by atoms with van der Waals surface area (Å²) in [5, 5.41) is 19.8. The van der Waals surface area contributed by atoms with Crippen molar-refractivity contribution in [2.45, 2.75) is 38.3 Å². The summed E-state index contributed by atoms with van der Waals surface area (Å²) in [7, 11) is 0.